The molecule has 0 aliphatic carbocycles. The highest BCUT2D eigenvalue weighted by molar-refractivity contribution is 5.89. The number of nitrogens with one attached hydrogen (secondary N) is 1. The minimum atomic E-state index is -4.50. The average molecular weight is 346 g/mol. The van der Waals surface area contributed by atoms with Crippen LogP contribution in [-0.4, -0.2) is 64.2 Å². The molecule has 0 spiro atoms. The zero-order valence-corrected chi connectivity index (χ0v) is 13.5. The molecule has 0 bridgehead atoms. The number of amides is 2. The van der Waals surface area contributed by atoms with Crippen LogP contribution in [0.3, 0.4) is 0 Å². The monoisotopic (exact) mass is 346 g/mol. The fourth-order valence-corrected chi connectivity index (χ4v) is 2.71. The highest BCUT2D eigenvalue weighted by Crippen LogP contribution is 2.27. The van der Waals surface area contributed by atoms with E-state index >= 15 is 0 Å². The number of rotatable bonds is 3. The van der Waals surface area contributed by atoms with Gasteiger partial charge in [0.25, 0.3) is 0 Å². The topological polar surface area (TPSA) is 68.7 Å². The van der Waals surface area contributed by atoms with Crippen LogP contribution in [-0.2, 0) is 6.18 Å². The maximum absolute atomic E-state index is 12.5. The fourth-order valence-electron chi connectivity index (χ4n) is 2.71. The Balaban J connectivity index is 1.93. The van der Waals surface area contributed by atoms with Crippen LogP contribution in [0.2, 0.25) is 0 Å². The van der Waals surface area contributed by atoms with Gasteiger partial charge in [-0.3, -0.25) is 4.90 Å². The molecule has 9 heteroatoms. The van der Waals surface area contributed by atoms with Crippen molar-refractivity contribution >= 4 is 11.7 Å². The van der Waals surface area contributed by atoms with Gasteiger partial charge in [0.1, 0.15) is 5.69 Å². The average Bonchev–Trinajstić information content (AvgIpc) is 2.46. The Morgan fingerprint density at radius 2 is 2.17 bits per heavy atom. The van der Waals surface area contributed by atoms with Gasteiger partial charge in [0, 0.05) is 32.2 Å². The highest BCUT2D eigenvalue weighted by Gasteiger charge is 2.32. The largest absolute Gasteiger partial charge is 0.433 e. The summed E-state index contributed by atoms with van der Waals surface area (Å²) in [5.74, 6) is 0. The Labute approximate surface area is 138 Å². The summed E-state index contributed by atoms with van der Waals surface area (Å²) in [4.78, 5) is 19.3. The number of β-amino-alcohol motifs (C(OH)–C–C–N with tert-alkyl or cyclic N) is 1. The smallest absolute Gasteiger partial charge is 0.392 e. The van der Waals surface area contributed by atoms with Crippen molar-refractivity contribution in [3.8, 4) is 0 Å². The molecular weight excluding hydrogens is 325 g/mol. The molecule has 0 unspecified atom stereocenters. The van der Waals surface area contributed by atoms with E-state index in [1.54, 1.807) is 11.8 Å². The van der Waals surface area contributed by atoms with Crippen LogP contribution in [0.5, 0.6) is 0 Å². The summed E-state index contributed by atoms with van der Waals surface area (Å²) in [6.07, 6.45) is -3.94. The van der Waals surface area contributed by atoms with Crippen LogP contribution in [0, 0.1) is 0 Å². The lowest BCUT2D eigenvalue weighted by Gasteiger charge is -2.40. The lowest BCUT2D eigenvalue weighted by molar-refractivity contribution is -0.141. The second kappa shape index (κ2) is 7.35. The molecule has 1 saturated heterocycles. The van der Waals surface area contributed by atoms with Crippen LogP contribution < -0.4 is 5.32 Å². The molecule has 0 saturated carbocycles. The minimum absolute atomic E-state index is 0.0695. The molecule has 0 radical (unpaired) electrons. The van der Waals surface area contributed by atoms with Crippen molar-refractivity contribution < 1.29 is 23.1 Å². The number of nitrogens with zero attached hydrogens (tertiary/aromatic N) is 3. The lowest BCUT2D eigenvalue weighted by Crippen LogP contribution is -2.56. The minimum Gasteiger partial charge on any atom is -0.392 e. The van der Waals surface area contributed by atoms with Crippen molar-refractivity contribution in [1.29, 1.82) is 0 Å². The van der Waals surface area contributed by atoms with Crippen LogP contribution in [0.15, 0.2) is 18.3 Å². The van der Waals surface area contributed by atoms with Gasteiger partial charge >= 0.3 is 12.2 Å². The number of aliphatic hydroxyl groups is 1. The number of carbonyl (C=O) groups excluding carboxylic acids is 1. The van der Waals surface area contributed by atoms with Gasteiger partial charge in [-0.2, -0.15) is 13.2 Å². The summed E-state index contributed by atoms with van der Waals surface area (Å²) >= 11 is 0. The van der Waals surface area contributed by atoms with E-state index in [2.05, 4.69) is 15.2 Å². The zero-order valence-electron chi connectivity index (χ0n) is 13.5. The SMILES string of the molecule is C[C@@H]1CN(C[C@@H](C)O)CCN1C(=O)Nc1ccc(C(F)(F)F)nc1. The number of anilines is 1. The fraction of sp³-hybridized carbons (Fsp3) is 0.600. The first-order valence-corrected chi connectivity index (χ1v) is 7.68. The molecule has 134 valence electrons. The molecule has 6 nitrogen and oxygen atoms in total. The van der Waals surface area contributed by atoms with Gasteiger partial charge in [-0.25, -0.2) is 9.78 Å². The molecule has 2 atom stereocenters. The van der Waals surface area contributed by atoms with Gasteiger partial charge in [-0.1, -0.05) is 0 Å². The van der Waals surface area contributed by atoms with E-state index in [1.807, 2.05) is 6.92 Å². The number of hydrogen-bond donors (Lipinski definition) is 2. The normalized spacial score (nSPS) is 20.8. The van der Waals surface area contributed by atoms with Crippen LogP contribution >= 0.6 is 0 Å². The summed E-state index contributed by atoms with van der Waals surface area (Å²) in [5.41, 5.74) is -0.785. The molecule has 1 aliphatic rings. The number of urea groups is 1. The summed E-state index contributed by atoms with van der Waals surface area (Å²) in [6, 6.07) is 1.57. The van der Waals surface area contributed by atoms with E-state index in [0.717, 1.165) is 12.3 Å². The van der Waals surface area contributed by atoms with E-state index in [9.17, 15) is 23.1 Å². The number of pyridine rings is 1. The van der Waals surface area contributed by atoms with Crippen LogP contribution in [0.25, 0.3) is 0 Å². The van der Waals surface area contributed by atoms with Gasteiger partial charge in [0.05, 0.1) is 18.0 Å². The number of piperazine rings is 1. The van der Waals surface area contributed by atoms with Crippen molar-refractivity contribution in [2.45, 2.75) is 32.2 Å². The third kappa shape index (κ3) is 4.81. The Morgan fingerprint density at radius 3 is 2.67 bits per heavy atom. The van der Waals surface area contributed by atoms with Crippen molar-refractivity contribution in [3.05, 3.63) is 24.0 Å². The van der Waals surface area contributed by atoms with E-state index in [-0.39, 0.29) is 17.8 Å². The number of hydrogen-bond acceptors (Lipinski definition) is 4. The van der Waals surface area contributed by atoms with Gasteiger partial charge in [0.15, 0.2) is 0 Å². The molecule has 2 amide bonds. The Hall–Kier alpha value is -1.87. The van der Waals surface area contributed by atoms with Gasteiger partial charge in [-0.05, 0) is 26.0 Å². The summed E-state index contributed by atoms with van der Waals surface area (Å²) in [5, 5.41) is 12.0. The quantitative estimate of drug-likeness (QED) is 0.879. The first-order valence-electron chi connectivity index (χ1n) is 7.68. The number of carbonyl (C=O) groups is 1. The van der Waals surface area contributed by atoms with Crippen molar-refractivity contribution in [2.24, 2.45) is 0 Å². The second-order valence-corrected chi connectivity index (χ2v) is 6.01. The van der Waals surface area contributed by atoms with Crippen molar-refractivity contribution in [1.82, 2.24) is 14.8 Å². The van der Waals surface area contributed by atoms with Gasteiger partial charge in [-0.15, -0.1) is 0 Å². The van der Waals surface area contributed by atoms with E-state index in [4.69, 9.17) is 0 Å². The summed E-state index contributed by atoms with van der Waals surface area (Å²) < 4.78 is 37.4. The second-order valence-electron chi connectivity index (χ2n) is 6.01. The lowest BCUT2D eigenvalue weighted by atomic mass is 10.2. The number of halogens is 3. The number of aromatic nitrogens is 1. The maximum atomic E-state index is 12.5. The van der Waals surface area contributed by atoms with Crippen LogP contribution in [0.1, 0.15) is 19.5 Å². The molecule has 0 aromatic carbocycles. The maximum Gasteiger partial charge on any atom is 0.433 e. The predicted molar refractivity (Wildman–Crippen MR) is 82.5 cm³/mol. The van der Waals surface area contributed by atoms with E-state index in [0.29, 0.717) is 26.2 Å². The van der Waals surface area contributed by atoms with Gasteiger partial charge in [0.2, 0.25) is 0 Å². The van der Waals surface area contributed by atoms with E-state index in [1.165, 1.54) is 6.07 Å². The molecule has 1 aromatic rings. The number of alkyl halides is 3. The molecule has 1 fully saturated rings. The molecule has 2 rings (SSSR count). The Morgan fingerprint density at radius 1 is 1.46 bits per heavy atom. The standard InChI is InChI=1S/C15H21F3N4O2/c1-10-8-21(9-11(2)23)5-6-22(10)14(24)20-12-3-4-13(19-7-12)15(16,17)18/h3-4,7,10-11,23H,5-6,8-9H2,1-2H3,(H,20,24)/t10-,11-/m1/s1. The number of aliphatic hydroxyl groups excluding tert-OH is 1. The molecular formula is C15H21F3N4O2. The molecule has 2 heterocycles. The third-order valence-corrected chi connectivity index (χ3v) is 3.80. The molecule has 1 aliphatic heterocycles. The molecule has 2 N–H and O–H groups in total. The highest BCUT2D eigenvalue weighted by atomic mass is 19.4. The van der Waals surface area contributed by atoms with Gasteiger partial charge < -0.3 is 15.3 Å². The predicted octanol–water partition coefficient (Wildman–Crippen LogP) is 2.02. The van der Waals surface area contributed by atoms with Crippen molar-refractivity contribution in [2.75, 3.05) is 31.5 Å². The van der Waals surface area contributed by atoms with E-state index < -0.39 is 18.0 Å². The third-order valence-electron chi connectivity index (χ3n) is 3.80. The molecule has 1 aromatic heterocycles. The van der Waals surface area contributed by atoms with Crippen LogP contribution in [0.4, 0.5) is 23.7 Å². The molecule has 24 heavy (non-hydrogen) atoms. The summed E-state index contributed by atoms with van der Waals surface area (Å²) in [6.45, 7) is 5.88. The Kier molecular flexibility index (Phi) is 5.66. The first kappa shape index (κ1) is 18.5. The summed E-state index contributed by atoms with van der Waals surface area (Å²) in [7, 11) is 0. The zero-order chi connectivity index (χ0) is 17.9. The first-order chi connectivity index (χ1) is 11.2. The van der Waals surface area contributed by atoms with Crippen molar-refractivity contribution in [3.63, 3.8) is 0 Å². The Bertz CT molecular complexity index is 563.